The summed E-state index contributed by atoms with van der Waals surface area (Å²) in [6.45, 7) is 1.39. The van der Waals surface area contributed by atoms with E-state index in [0.29, 0.717) is 31.1 Å². The number of aliphatic hydroxyl groups excluding tert-OH is 2. The molecule has 0 unspecified atom stereocenters. The molecular weight excluding hydrogens is 596 g/mol. The largest absolute Gasteiger partial charge is 0.507 e. The summed E-state index contributed by atoms with van der Waals surface area (Å²) in [5.74, 6) is -5.50. The lowest BCUT2D eigenvalue weighted by atomic mass is 10.1. The molecule has 0 amide bonds. The van der Waals surface area contributed by atoms with Gasteiger partial charge < -0.3 is 19.7 Å². The van der Waals surface area contributed by atoms with Crippen LogP contribution < -0.4 is 9.47 Å². The van der Waals surface area contributed by atoms with Crippen molar-refractivity contribution in [1.82, 2.24) is 4.90 Å². The van der Waals surface area contributed by atoms with Crippen molar-refractivity contribution in [2.24, 2.45) is 0 Å². The number of ketones is 2. The number of ether oxygens (including phenoxy) is 2. The van der Waals surface area contributed by atoms with Crippen molar-refractivity contribution in [3.8, 4) is 11.5 Å². The lowest BCUT2D eigenvalue weighted by molar-refractivity contribution is -0.165. The van der Waals surface area contributed by atoms with Gasteiger partial charge in [0.2, 0.25) is 0 Å². The molecule has 1 aliphatic rings. The van der Waals surface area contributed by atoms with Crippen LogP contribution in [-0.4, -0.2) is 64.3 Å². The van der Waals surface area contributed by atoms with Crippen LogP contribution in [0.15, 0.2) is 91.0 Å². The summed E-state index contributed by atoms with van der Waals surface area (Å²) >= 11 is 0. The molecule has 2 N–H and O–H groups in total. The van der Waals surface area contributed by atoms with Crippen LogP contribution in [0.3, 0.4) is 0 Å². The normalized spacial score (nSPS) is 18.2. The van der Waals surface area contributed by atoms with Gasteiger partial charge >= 0.3 is 12.4 Å². The molecular formula is C31H25F6NO6. The van der Waals surface area contributed by atoms with Crippen LogP contribution in [0.1, 0.15) is 16.7 Å². The number of carbonyl (C=O) groups is 2. The van der Waals surface area contributed by atoms with E-state index in [9.17, 15) is 46.1 Å². The van der Waals surface area contributed by atoms with Crippen molar-refractivity contribution in [1.29, 1.82) is 0 Å². The Bertz CT molecular complexity index is 1420. The average Bonchev–Trinajstić information content (AvgIpc) is 3.33. The fraction of sp³-hybridized carbons (Fsp3) is 0.226. The number of aliphatic hydroxyl groups is 2. The summed E-state index contributed by atoms with van der Waals surface area (Å²) in [6, 6.07) is 20.4. The summed E-state index contributed by atoms with van der Waals surface area (Å²) in [7, 11) is 0. The van der Waals surface area contributed by atoms with E-state index in [4.69, 9.17) is 9.47 Å². The number of halogens is 6. The number of rotatable bonds is 10. The number of likely N-dealkylation sites (tertiary alicyclic amines) is 1. The van der Waals surface area contributed by atoms with Gasteiger partial charge in [0.1, 0.15) is 35.2 Å². The first-order valence-electron chi connectivity index (χ1n) is 13.0. The Balaban J connectivity index is 1.49. The van der Waals surface area contributed by atoms with Gasteiger partial charge in [-0.1, -0.05) is 30.3 Å². The standard InChI is InChI=1S/C31H25F6NO6/c32-30(33,34)28(41)14-24(39)20-6-10-22(11-7-20)43-26-17-38(16-19-4-2-1-3-5-19)18-27(26)44-23-12-8-21(9-13-23)25(40)15-29(42)31(35,36)37/h1-15,26-27,39-40H,16-18H2/b24-14-,25-15-/t26-,27-/m1/s1. The molecule has 0 spiro atoms. The lowest BCUT2D eigenvalue weighted by Gasteiger charge is -2.22. The van der Waals surface area contributed by atoms with Crippen molar-refractivity contribution in [2.75, 3.05) is 13.1 Å². The maximum absolute atomic E-state index is 12.5. The van der Waals surface area contributed by atoms with Crippen LogP contribution in [0.5, 0.6) is 11.5 Å². The van der Waals surface area contributed by atoms with Crippen LogP contribution in [0.25, 0.3) is 11.5 Å². The SMILES string of the molecule is O=C(/C=C(\O)c1ccc(O[C@@H]2CN(Cc3ccccc3)C[C@H]2Oc2ccc(/C(O)=C/C(=O)C(F)(F)F)cc2)cc1)C(F)(F)F. The molecule has 0 bridgehead atoms. The van der Waals surface area contributed by atoms with E-state index in [1.165, 1.54) is 48.5 Å². The molecule has 3 aromatic rings. The molecule has 1 saturated heterocycles. The number of allylic oxidation sites excluding steroid dienone is 2. The molecule has 44 heavy (non-hydrogen) atoms. The number of hydrogen-bond donors (Lipinski definition) is 2. The predicted molar refractivity (Wildman–Crippen MR) is 147 cm³/mol. The second-order valence-corrected chi connectivity index (χ2v) is 9.82. The molecule has 13 heteroatoms. The number of alkyl halides is 6. The Morgan fingerprint density at radius 2 is 1.07 bits per heavy atom. The van der Waals surface area contributed by atoms with E-state index in [0.717, 1.165) is 5.56 Å². The Morgan fingerprint density at radius 1 is 0.682 bits per heavy atom. The quantitative estimate of drug-likeness (QED) is 0.153. The van der Waals surface area contributed by atoms with Crippen LogP contribution in [0.4, 0.5) is 26.3 Å². The molecule has 3 aromatic carbocycles. The molecule has 232 valence electrons. The third kappa shape index (κ3) is 8.63. The molecule has 0 aromatic heterocycles. The minimum absolute atomic E-state index is 0.0331. The first-order chi connectivity index (χ1) is 20.7. The summed E-state index contributed by atoms with van der Waals surface area (Å²) in [6.07, 6.45) is -11.2. The Hall–Kier alpha value is -4.78. The summed E-state index contributed by atoms with van der Waals surface area (Å²) in [4.78, 5) is 24.4. The molecule has 4 rings (SSSR count). The van der Waals surface area contributed by atoms with Crippen molar-refractivity contribution in [3.63, 3.8) is 0 Å². The van der Waals surface area contributed by atoms with E-state index in [-0.39, 0.29) is 23.3 Å². The topological polar surface area (TPSA) is 96.3 Å². The molecule has 1 fully saturated rings. The molecule has 1 heterocycles. The fourth-order valence-electron chi connectivity index (χ4n) is 4.35. The second kappa shape index (κ2) is 13.2. The highest BCUT2D eigenvalue weighted by molar-refractivity contribution is 5.99. The smallest absolute Gasteiger partial charge is 0.454 e. The minimum atomic E-state index is -5.12. The van der Waals surface area contributed by atoms with E-state index >= 15 is 0 Å². The van der Waals surface area contributed by atoms with Gasteiger partial charge in [-0.15, -0.1) is 0 Å². The van der Waals surface area contributed by atoms with Gasteiger partial charge in [0.05, 0.1) is 0 Å². The van der Waals surface area contributed by atoms with E-state index in [1.807, 2.05) is 30.3 Å². The van der Waals surface area contributed by atoms with Gasteiger partial charge in [0, 0.05) is 42.9 Å². The molecule has 7 nitrogen and oxygen atoms in total. The van der Waals surface area contributed by atoms with Gasteiger partial charge in [-0.2, -0.15) is 26.3 Å². The van der Waals surface area contributed by atoms with Crippen molar-refractivity contribution in [2.45, 2.75) is 31.1 Å². The summed E-state index contributed by atoms with van der Waals surface area (Å²) in [5.41, 5.74) is 0.968. The number of carbonyl (C=O) groups excluding carboxylic acids is 2. The summed E-state index contributed by atoms with van der Waals surface area (Å²) in [5, 5.41) is 19.9. The van der Waals surface area contributed by atoms with Gasteiger partial charge in [-0.25, -0.2) is 0 Å². The van der Waals surface area contributed by atoms with Crippen LogP contribution >= 0.6 is 0 Å². The highest BCUT2D eigenvalue weighted by atomic mass is 19.4. The van der Waals surface area contributed by atoms with Gasteiger partial charge in [0.15, 0.2) is 0 Å². The second-order valence-electron chi connectivity index (χ2n) is 9.82. The maximum atomic E-state index is 12.5. The first-order valence-corrected chi connectivity index (χ1v) is 13.0. The lowest BCUT2D eigenvalue weighted by Crippen LogP contribution is -2.34. The molecule has 1 aliphatic heterocycles. The monoisotopic (exact) mass is 621 g/mol. The van der Waals surface area contributed by atoms with E-state index < -0.39 is 47.6 Å². The van der Waals surface area contributed by atoms with Crippen molar-refractivity contribution >= 4 is 23.1 Å². The molecule has 2 atom stereocenters. The van der Waals surface area contributed by atoms with Crippen LogP contribution in [0, 0.1) is 0 Å². The Morgan fingerprint density at radius 3 is 1.43 bits per heavy atom. The third-order valence-corrected chi connectivity index (χ3v) is 6.51. The number of hydrogen-bond acceptors (Lipinski definition) is 7. The van der Waals surface area contributed by atoms with Crippen LogP contribution in [0.2, 0.25) is 0 Å². The fourth-order valence-corrected chi connectivity index (χ4v) is 4.35. The van der Waals surface area contributed by atoms with Gasteiger partial charge in [0.25, 0.3) is 11.6 Å². The zero-order valence-electron chi connectivity index (χ0n) is 22.7. The number of nitrogens with zero attached hydrogens (tertiary/aromatic N) is 1. The van der Waals surface area contributed by atoms with Crippen molar-refractivity contribution in [3.05, 3.63) is 108 Å². The minimum Gasteiger partial charge on any atom is -0.507 e. The molecule has 0 aliphatic carbocycles. The summed E-state index contributed by atoms with van der Waals surface area (Å²) < 4.78 is 87.3. The zero-order chi connectivity index (χ0) is 32.1. The maximum Gasteiger partial charge on any atom is 0.454 e. The van der Waals surface area contributed by atoms with Gasteiger partial charge in [-0.05, 0) is 54.1 Å². The van der Waals surface area contributed by atoms with E-state index in [2.05, 4.69) is 4.90 Å². The zero-order valence-corrected chi connectivity index (χ0v) is 22.7. The highest BCUT2D eigenvalue weighted by Crippen LogP contribution is 2.28. The third-order valence-electron chi connectivity index (χ3n) is 6.51. The molecule has 0 saturated carbocycles. The Labute approximate surface area is 247 Å². The number of benzene rings is 3. The predicted octanol–water partition coefficient (Wildman–Crippen LogP) is 6.46. The first kappa shape index (κ1) is 32.1. The van der Waals surface area contributed by atoms with Gasteiger partial charge in [-0.3, -0.25) is 14.5 Å². The highest BCUT2D eigenvalue weighted by Gasteiger charge is 2.38. The van der Waals surface area contributed by atoms with Crippen molar-refractivity contribution < 1.29 is 55.6 Å². The molecule has 0 radical (unpaired) electrons. The average molecular weight is 622 g/mol. The van der Waals surface area contributed by atoms with E-state index in [1.54, 1.807) is 0 Å². The van der Waals surface area contributed by atoms with Crippen LogP contribution in [-0.2, 0) is 16.1 Å². The Kier molecular flexibility index (Phi) is 9.68.